The molecule has 0 fully saturated rings. The van der Waals surface area contributed by atoms with Crippen LogP contribution in [0, 0.1) is 5.41 Å². The van der Waals surface area contributed by atoms with E-state index in [2.05, 4.69) is 27.7 Å². The van der Waals surface area contributed by atoms with Gasteiger partial charge in [-0.15, -0.1) is 0 Å². The smallest absolute Gasteiger partial charge is 0.261 e. The fraction of sp³-hybridized carbons (Fsp3) is 0.571. The number of aromatic nitrogens is 1. The number of unbranched alkanes of at least 4 members (excludes halogenated alkanes) is 1. The number of nitrogens with one attached hydrogen (secondary N) is 1. The fourth-order valence-corrected chi connectivity index (χ4v) is 1.98. The molecular formula is C14H23N3O. The zero-order valence-corrected chi connectivity index (χ0v) is 11.7. The monoisotopic (exact) mass is 249 g/mol. The summed E-state index contributed by atoms with van der Waals surface area (Å²) < 4.78 is 1.76. The van der Waals surface area contributed by atoms with Gasteiger partial charge in [0.15, 0.2) is 0 Å². The molecule has 0 aliphatic rings. The standard InChI is InChI=1S/C14H23N3O/c1-5-6-9-17-11(14(2,3)4)8-7-10(12(15)16)13(17)18/h7-8H,5-6,9H2,1-4H3,(H3,15,16). The van der Waals surface area contributed by atoms with E-state index in [1.807, 2.05) is 6.07 Å². The highest BCUT2D eigenvalue weighted by atomic mass is 16.1. The molecule has 18 heavy (non-hydrogen) atoms. The summed E-state index contributed by atoms with van der Waals surface area (Å²) in [5.41, 5.74) is 6.48. The molecule has 0 radical (unpaired) electrons. The fourth-order valence-electron chi connectivity index (χ4n) is 1.98. The number of nitrogens with two attached hydrogens (primary N) is 1. The van der Waals surface area contributed by atoms with Crippen molar-refractivity contribution in [1.29, 1.82) is 5.41 Å². The van der Waals surface area contributed by atoms with E-state index in [0.29, 0.717) is 12.1 Å². The van der Waals surface area contributed by atoms with Crippen molar-refractivity contribution in [3.8, 4) is 0 Å². The first-order chi connectivity index (χ1) is 8.29. The zero-order chi connectivity index (χ0) is 13.9. The molecule has 0 bridgehead atoms. The molecule has 0 aliphatic heterocycles. The second-order valence-corrected chi connectivity index (χ2v) is 5.61. The molecule has 3 N–H and O–H groups in total. The molecule has 0 unspecified atom stereocenters. The molecule has 0 saturated carbocycles. The molecule has 4 nitrogen and oxygen atoms in total. The van der Waals surface area contributed by atoms with E-state index in [9.17, 15) is 4.79 Å². The normalized spacial score (nSPS) is 11.6. The third kappa shape index (κ3) is 3.00. The molecule has 0 aliphatic carbocycles. The average Bonchev–Trinajstić information content (AvgIpc) is 2.25. The summed E-state index contributed by atoms with van der Waals surface area (Å²) in [6.07, 6.45) is 1.98. The maximum Gasteiger partial charge on any atom is 0.261 e. The molecule has 0 spiro atoms. The summed E-state index contributed by atoms with van der Waals surface area (Å²) in [5, 5.41) is 7.44. The second kappa shape index (κ2) is 5.38. The molecule has 1 heterocycles. The SMILES string of the molecule is CCCCn1c(C(C)(C)C)ccc(C(=N)N)c1=O. The van der Waals surface area contributed by atoms with Crippen LogP contribution in [0.3, 0.4) is 0 Å². The number of rotatable bonds is 4. The van der Waals surface area contributed by atoms with Gasteiger partial charge in [0.05, 0.1) is 5.56 Å². The van der Waals surface area contributed by atoms with E-state index in [4.69, 9.17) is 11.1 Å². The zero-order valence-electron chi connectivity index (χ0n) is 11.7. The molecule has 0 atom stereocenters. The number of nitrogens with zero attached hydrogens (tertiary/aromatic N) is 1. The summed E-state index contributed by atoms with van der Waals surface area (Å²) in [7, 11) is 0. The molecule has 1 aromatic rings. The van der Waals surface area contributed by atoms with Crippen LogP contribution in [0.2, 0.25) is 0 Å². The minimum Gasteiger partial charge on any atom is -0.384 e. The summed E-state index contributed by atoms with van der Waals surface area (Å²) >= 11 is 0. The molecule has 1 aromatic heterocycles. The Hall–Kier alpha value is -1.58. The Labute approximate surface area is 108 Å². The minimum absolute atomic E-state index is 0.0950. The van der Waals surface area contributed by atoms with Crippen molar-refractivity contribution in [2.75, 3.05) is 0 Å². The predicted molar refractivity (Wildman–Crippen MR) is 75.3 cm³/mol. The molecule has 1 rings (SSSR count). The van der Waals surface area contributed by atoms with Crippen molar-refractivity contribution in [1.82, 2.24) is 4.57 Å². The average molecular weight is 249 g/mol. The number of amidine groups is 1. The summed E-state index contributed by atoms with van der Waals surface area (Å²) in [6, 6.07) is 3.57. The second-order valence-electron chi connectivity index (χ2n) is 5.61. The van der Waals surface area contributed by atoms with Crippen LogP contribution in [0.1, 0.15) is 51.8 Å². The maximum absolute atomic E-state index is 12.3. The lowest BCUT2D eigenvalue weighted by molar-refractivity contribution is 0.489. The number of hydrogen-bond donors (Lipinski definition) is 2. The van der Waals surface area contributed by atoms with Gasteiger partial charge in [-0.2, -0.15) is 0 Å². The van der Waals surface area contributed by atoms with Crippen molar-refractivity contribution >= 4 is 5.84 Å². The Bertz CT molecular complexity index is 495. The lowest BCUT2D eigenvalue weighted by Crippen LogP contribution is -2.34. The van der Waals surface area contributed by atoms with Crippen LogP contribution in [0.4, 0.5) is 0 Å². The Morgan fingerprint density at radius 3 is 2.44 bits per heavy atom. The van der Waals surface area contributed by atoms with Gasteiger partial charge in [-0.3, -0.25) is 10.2 Å². The first-order valence-corrected chi connectivity index (χ1v) is 6.37. The highest BCUT2D eigenvalue weighted by Crippen LogP contribution is 2.21. The van der Waals surface area contributed by atoms with Crippen molar-refractivity contribution in [2.24, 2.45) is 5.73 Å². The van der Waals surface area contributed by atoms with Gasteiger partial charge in [-0.05, 0) is 18.6 Å². The maximum atomic E-state index is 12.3. The number of hydrogen-bond acceptors (Lipinski definition) is 2. The first kappa shape index (κ1) is 14.5. The number of pyridine rings is 1. The van der Waals surface area contributed by atoms with Crippen LogP contribution in [0.5, 0.6) is 0 Å². The Kier molecular flexibility index (Phi) is 4.33. The molecule has 0 aromatic carbocycles. The summed E-state index contributed by atoms with van der Waals surface area (Å²) in [4.78, 5) is 12.3. The van der Waals surface area contributed by atoms with Gasteiger partial charge in [0, 0.05) is 17.7 Å². The van der Waals surface area contributed by atoms with E-state index in [1.54, 1.807) is 10.6 Å². The Morgan fingerprint density at radius 2 is 2.00 bits per heavy atom. The molecule has 0 saturated heterocycles. The van der Waals surface area contributed by atoms with Gasteiger partial charge in [0.2, 0.25) is 0 Å². The van der Waals surface area contributed by atoms with Crippen LogP contribution in [-0.4, -0.2) is 10.4 Å². The Balaban J connectivity index is 3.42. The van der Waals surface area contributed by atoms with Crippen LogP contribution in [0.25, 0.3) is 0 Å². The van der Waals surface area contributed by atoms with Gasteiger partial charge in [-0.25, -0.2) is 0 Å². The molecular weight excluding hydrogens is 226 g/mol. The largest absolute Gasteiger partial charge is 0.384 e. The van der Waals surface area contributed by atoms with Crippen molar-refractivity contribution in [2.45, 2.75) is 52.5 Å². The predicted octanol–water partition coefficient (Wildman–Crippen LogP) is 2.23. The van der Waals surface area contributed by atoms with Gasteiger partial charge < -0.3 is 10.3 Å². The highest BCUT2D eigenvalue weighted by molar-refractivity contribution is 5.94. The van der Waals surface area contributed by atoms with E-state index in [0.717, 1.165) is 18.5 Å². The lowest BCUT2D eigenvalue weighted by Gasteiger charge is -2.24. The number of nitrogen functional groups attached to an aromatic ring is 1. The van der Waals surface area contributed by atoms with Gasteiger partial charge in [-0.1, -0.05) is 34.1 Å². The van der Waals surface area contributed by atoms with Gasteiger partial charge >= 0.3 is 0 Å². The van der Waals surface area contributed by atoms with Crippen molar-refractivity contribution in [3.05, 3.63) is 33.7 Å². The molecule has 0 amide bonds. The summed E-state index contributed by atoms with van der Waals surface area (Å²) in [5.74, 6) is -0.161. The van der Waals surface area contributed by atoms with Crippen LogP contribution in [-0.2, 0) is 12.0 Å². The van der Waals surface area contributed by atoms with Gasteiger partial charge in [0.1, 0.15) is 5.84 Å². The van der Waals surface area contributed by atoms with Gasteiger partial charge in [0.25, 0.3) is 5.56 Å². The van der Waals surface area contributed by atoms with Crippen molar-refractivity contribution < 1.29 is 0 Å². The van der Waals surface area contributed by atoms with E-state index in [-0.39, 0.29) is 16.8 Å². The van der Waals surface area contributed by atoms with E-state index < -0.39 is 0 Å². The third-order valence-electron chi connectivity index (χ3n) is 2.97. The lowest BCUT2D eigenvalue weighted by atomic mass is 9.90. The Morgan fingerprint density at radius 1 is 1.39 bits per heavy atom. The van der Waals surface area contributed by atoms with Crippen LogP contribution >= 0.6 is 0 Å². The minimum atomic E-state index is -0.161. The van der Waals surface area contributed by atoms with E-state index >= 15 is 0 Å². The van der Waals surface area contributed by atoms with Crippen molar-refractivity contribution in [3.63, 3.8) is 0 Å². The van der Waals surface area contributed by atoms with Crippen LogP contribution < -0.4 is 11.3 Å². The third-order valence-corrected chi connectivity index (χ3v) is 2.97. The first-order valence-electron chi connectivity index (χ1n) is 6.37. The molecule has 100 valence electrons. The van der Waals surface area contributed by atoms with Crippen LogP contribution in [0.15, 0.2) is 16.9 Å². The summed E-state index contributed by atoms with van der Waals surface area (Å²) in [6.45, 7) is 9.02. The highest BCUT2D eigenvalue weighted by Gasteiger charge is 2.20. The molecule has 4 heteroatoms. The quantitative estimate of drug-likeness (QED) is 0.634. The topological polar surface area (TPSA) is 71.9 Å². The van der Waals surface area contributed by atoms with E-state index in [1.165, 1.54) is 0 Å².